The zero-order valence-electron chi connectivity index (χ0n) is 13.7. The molecule has 1 aliphatic rings. The number of nitrogens with zero attached hydrogens (tertiary/aromatic N) is 2. The summed E-state index contributed by atoms with van der Waals surface area (Å²) in [5.74, 6) is -1.28. The number of pyridine rings is 1. The third-order valence-electron chi connectivity index (χ3n) is 4.24. The summed E-state index contributed by atoms with van der Waals surface area (Å²) in [6.07, 6.45) is 1.03. The fraction of sp³-hybridized carbons (Fsp3) is 0.333. The maximum absolute atomic E-state index is 12.4. The van der Waals surface area contributed by atoms with E-state index in [0.29, 0.717) is 30.6 Å². The highest BCUT2D eigenvalue weighted by atomic mass is 16.5. The first kappa shape index (κ1) is 16.1. The molecule has 2 aromatic rings. The van der Waals surface area contributed by atoms with Crippen molar-refractivity contribution in [2.75, 3.05) is 13.2 Å². The lowest BCUT2D eigenvalue weighted by Gasteiger charge is -2.15. The average molecular weight is 326 g/mol. The monoisotopic (exact) mass is 326 g/mol. The fourth-order valence-corrected chi connectivity index (χ4v) is 3.02. The number of para-hydroxylation sites is 1. The van der Waals surface area contributed by atoms with Gasteiger partial charge in [-0.25, -0.2) is 4.79 Å². The van der Waals surface area contributed by atoms with Gasteiger partial charge >= 0.3 is 5.97 Å². The van der Waals surface area contributed by atoms with E-state index >= 15 is 0 Å². The van der Waals surface area contributed by atoms with Crippen molar-refractivity contribution in [1.82, 2.24) is 9.88 Å². The second-order valence-corrected chi connectivity index (χ2v) is 5.83. The second kappa shape index (κ2) is 6.39. The average Bonchev–Trinajstić information content (AvgIpc) is 2.99. The largest absolute Gasteiger partial charge is 0.452 e. The predicted octanol–water partition coefficient (Wildman–Crippen LogP) is 2.16. The normalized spacial score (nSPS) is 14.2. The Balaban J connectivity index is 1.79. The van der Waals surface area contributed by atoms with Crippen molar-refractivity contribution >= 4 is 28.7 Å². The first-order valence-electron chi connectivity index (χ1n) is 7.85. The van der Waals surface area contributed by atoms with Crippen LogP contribution in [-0.2, 0) is 14.3 Å². The molecule has 0 aliphatic carbocycles. The number of esters is 1. The standard InChI is InChI=1S/C18H18N2O4/c1-11-13-6-3-4-7-14(13)19-12(2)17(11)18(23)24-10-16(22)20-9-5-8-15(20)21/h3-4,6-7H,5,8-10H2,1-2H3. The van der Waals surface area contributed by atoms with Crippen LogP contribution >= 0.6 is 0 Å². The van der Waals surface area contributed by atoms with Crippen LogP contribution in [0, 0.1) is 13.8 Å². The van der Waals surface area contributed by atoms with E-state index in [9.17, 15) is 14.4 Å². The molecule has 1 aromatic heterocycles. The first-order valence-corrected chi connectivity index (χ1v) is 7.85. The van der Waals surface area contributed by atoms with Gasteiger partial charge in [0.1, 0.15) is 0 Å². The number of aromatic nitrogens is 1. The van der Waals surface area contributed by atoms with E-state index in [1.54, 1.807) is 6.92 Å². The summed E-state index contributed by atoms with van der Waals surface area (Å²) in [6.45, 7) is 3.53. The maximum atomic E-state index is 12.4. The smallest absolute Gasteiger partial charge is 0.340 e. The van der Waals surface area contributed by atoms with Crippen LogP contribution in [0.4, 0.5) is 0 Å². The van der Waals surface area contributed by atoms with Crippen molar-refractivity contribution in [3.63, 3.8) is 0 Å². The van der Waals surface area contributed by atoms with Crippen molar-refractivity contribution < 1.29 is 19.1 Å². The van der Waals surface area contributed by atoms with E-state index < -0.39 is 18.5 Å². The highest BCUT2D eigenvalue weighted by Crippen LogP contribution is 2.23. The Morgan fingerprint density at radius 2 is 2.00 bits per heavy atom. The number of fused-ring (bicyclic) bond motifs is 1. The molecule has 0 atom stereocenters. The van der Waals surface area contributed by atoms with E-state index in [4.69, 9.17) is 4.74 Å². The van der Waals surface area contributed by atoms with Gasteiger partial charge in [-0.2, -0.15) is 0 Å². The van der Waals surface area contributed by atoms with Crippen LogP contribution in [0.2, 0.25) is 0 Å². The zero-order chi connectivity index (χ0) is 17.3. The molecule has 0 N–H and O–H groups in total. The molecular weight excluding hydrogens is 308 g/mol. The lowest BCUT2D eigenvalue weighted by atomic mass is 10.0. The topological polar surface area (TPSA) is 76.6 Å². The van der Waals surface area contributed by atoms with Gasteiger partial charge in [0.05, 0.1) is 16.8 Å². The van der Waals surface area contributed by atoms with Crippen molar-refractivity contribution in [1.29, 1.82) is 0 Å². The van der Waals surface area contributed by atoms with E-state index in [1.165, 1.54) is 0 Å². The quantitative estimate of drug-likeness (QED) is 0.808. The molecule has 1 saturated heterocycles. The molecule has 1 aliphatic heterocycles. The number of imide groups is 1. The van der Waals surface area contributed by atoms with Crippen LogP contribution in [0.3, 0.4) is 0 Å². The SMILES string of the molecule is Cc1nc2ccccc2c(C)c1C(=O)OCC(=O)N1CCCC1=O. The number of amides is 2. The number of hydrogen-bond acceptors (Lipinski definition) is 5. The van der Waals surface area contributed by atoms with Crippen LogP contribution in [0.15, 0.2) is 24.3 Å². The molecule has 24 heavy (non-hydrogen) atoms. The summed E-state index contributed by atoms with van der Waals surface area (Å²) in [5.41, 5.74) is 2.51. The number of hydrogen-bond donors (Lipinski definition) is 0. The molecule has 0 unspecified atom stereocenters. The Morgan fingerprint density at radius 3 is 2.71 bits per heavy atom. The molecule has 0 radical (unpaired) electrons. The van der Waals surface area contributed by atoms with Gasteiger partial charge < -0.3 is 4.74 Å². The first-order chi connectivity index (χ1) is 11.5. The Morgan fingerprint density at radius 1 is 1.25 bits per heavy atom. The summed E-state index contributed by atoms with van der Waals surface area (Å²) in [5, 5.41) is 0.871. The third kappa shape index (κ3) is 2.87. The highest BCUT2D eigenvalue weighted by Gasteiger charge is 2.27. The number of carbonyl (C=O) groups is 3. The second-order valence-electron chi connectivity index (χ2n) is 5.83. The van der Waals surface area contributed by atoms with E-state index in [2.05, 4.69) is 4.98 Å². The van der Waals surface area contributed by atoms with E-state index in [0.717, 1.165) is 21.4 Å². The van der Waals surface area contributed by atoms with Gasteiger partial charge in [0.25, 0.3) is 5.91 Å². The Kier molecular flexibility index (Phi) is 4.29. The predicted molar refractivity (Wildman–Crippen MR) is 87.5 cm³/mol. The van der Waals surface area contributed by atoms with Crippen molar-refractivity contribution in [2.24, 2.45) is 0 Å². The molecule has 3 rings (SSSR count). The summed E-state index contributed by atoms with van der Waals surface area (Å²) in [7, 11) is 0. The van der Waals surface area contributed by atoms with Gasteiger partial charge in [0.15, 0.2) is 6.61 Å². The van der Waals surface area contributed by atoms with Crippen molar-refractivity contribution in [3.05, 3.63) is 41.1 Å². The molecule has 0 saturated carbocycles. The summed E-state index contributed by atoms with van der Waals surface area (Å²) in [6, 6.07) is 7.54. The van der Waals surface area contributed by atoms with Crippen LogP contribution in [0.5, 0.6) is 0 Å². The lowest BCUT2D eigenvalue weighted by molar-refractivity contribution is -0.143. The van der Waals surface area contributed by atoms with Crippen LogP contribution in [0.1, 0.15) is 34.5 Å². The molecule has 0 spiro atoms. The minimum absolute atomic E-state index is 0.212. The van der Waals surface area contributed by atoms with Crippen LogP contribution < -0.4 is 0 Å². The molecule has 6 nitrogen and oxygen atoms in total. The Bertz CT molecular complexity index is 844. The third-order valence-corrected chi connectivity index (χ3v) is 4.24. The molecule has 1 fully saturated rings. The highest BCUT2D eigenvalue weighted by molar-refractivity contribution is 6.01. The van der Waals surface area contributed by atoms with Gasteiger partial charge in [-0.3, -0.25) is 19.5 Å². The molecule has 6 heteroatoms. The number of carbonyl (C=O) groups excluding carboxylic acids is 3. The minimum atomic E-state index is -0.594. The van der Waals surface area contributed by atoms with Gasteiger partial charge in [-0.05, 0) is 31.9 Å². The Labute approximate surface area is 139 Å². The van der Waals surface area contributed by atoms with Crippen molar-refractivity contribution in [3.8, 4) is 0 Å². The van der Waals surface area contributed by atoms with Crippen LogP contribution in [0.25, 0.3) is 10.9 Å². The summed E-state index contributed by atoms with van der Waals surface area (Å²) < 4.78 is 5.14. The molecule has 2 amide bonds. The number of rotatable bonds is 3. The fourth-order valence-electron chi connectivity index (χ4n) is 3.02. The lowest BCUT2D eigenvalue weighted by Crippen LogP contribution is -2.35. The van der Waals surface area contributed by atoms with Gasteiger partial charge in [0.2, 0.25) is 5.91 Å². The zero-order valence-corrected chi connectivity index (χ0v) is 13.7. The van der Waals surface area contributed by atoms with E-state index in [-0.39, 0.29) is 5.91 Å². The number of ether oxygens (including phenoxy) is 1. The maximum Gasteiger partial charge on any atom is 0.340 e. The number of aryl methyl sites for hydroxylation is 2. The number of benzene rings is 1. The molecular formula is C18H18N2O4. The molecule has 1 aromatic carbocycles. The minimum Gasteiger partial charge on any atom is -0.452 e. The Hall–Kier alpha value is -2.76. The van der Waals surface area contributed by atoms with Gasteiger partial charge in [0, 0.05) is 18.4 Å². The number of likely N-dealkylation sites (tertiary alicyclic amines) is 1. The summed E-state index contributed by atoms with van der Waals surface area (Å²) >= 11 is 0. The van der Waals surface area contributed by atoms with Gasteiger partial charge in [-0.15, -0.1) is 0 Å². The molecule has 2 heterocycles. The van der Waals surface area contributed by atoms with Crippen LogP contribution in [-0.4, -0.2) is 40.8 Å². The van der Waals surface area contributed by atoms with Crippen molar-refractivity contribution in [2.45, 2.75) is 26.7 Å². The molecule has 0 bridgehead atoms. The van der Waals surface area contributed by atoms with Gasteiger partial charge in [-0.1, -0.05) is 18.2 Å². The summed E-state index contributed by atoms with van der Waals surface area (Å²) in [4.78, 5) is 41.5. The molecule has 124 valence electrons. The van der Waals surface area contributed by atoms with E-state index in [1.807, 2.05) is 31.2 Å².